The van der Waals surface area contributed by atoms with Crippen LogP contribution in [0.25, 0.3) is 0 Å². The molecule has 5 nitrogen and oxygen atoms in total. The van der Waals surface area contributed by atoms with Crippen LogP contribution in [0, 0.1) is 11.3 Å². The topological polar surface area (TPSA) is 77.8 Å². The van der Waals surface area contributed by atoms with Gasteiger partial charge in [-0.05, 0) is 29.8 Å². The fourth-order valence-corrected chi connectivity index (χ4v) is 1.77. The summed E-state index contributed by atoms with van der Waals surface area (Å²) in [6.07, 6.45) is 3.35. The van der Waals surface area contributed by atoms with E-state index in [1.807, 2.05) is 12.1 Å². The van der Waals surface area contributed by atoms with Gasteiger partial charge in [-0.2, -0.15) is 5.26 Å². The molecular weight excluding hydrogens is 276 g/mol. The number of pyridine rings is 1. The number of rotatable bonds is 3. The molecule has 0 unspecified atom stereocenters. The van der Waals surface area contributed by atoms with Crippen LogP contribution in [-0.2, 0) is 6.54 Å². The smallest absolute Gasteiger partial charge is 0.319 e. The van der Waals surface area contributed by atoms with Crippen LogP contribution in [0.3, 0.4) is 0 Å². The van der Waals surface area contributed by atoms with Crippen molar-refractivity contribution in [1.82, 2.24) is 10.3 Å². The zero-order valence-corrected chi connectivity index (χ0v) is 11.2. The molecule has 0 aliphatic carbocycles. The molecule has 1 aromatic carbocycles. The average Bonchev–Trinajstić information content (AvgIpc) is 2.46. The van der Waals surface area contributed by atoms with E-state index >= 15 is 0 Å². The number of nitriles is 1. The van der Waals surface area contributed by atoms with Crippen LogP contribution in [0.4, 0.5) is 10.5 Å². The highest BCUT2D eigenvalue weighted by Crippen LogP contribution is 2.19. The third-order valence-electron chi connectivity index (χ3n) is 2.52. The summed E-state index contributed by atoms with van der Waals surface area (Å²) >= 11 is 5.88. The average molecular weight is 287 g/mol. The lowest BCUT2D eigenvalue weighted by Crippen LogP contribution is -2.28. The maximum Gasteiger partial charge on any atom is 0.319 e. The van der Waals surface area contributed by atoms with E-state index in [1.165, 1.54) is 6.07 Å². The standard InChI is InChI=1S/C14H11ClN4O/c15-13-6-12(4-3-11(13)7-16)19-14(20)18-9-10-2-1-5-17-8-10/h1-6,8H,9H2,(H2,18,19,20). The number of nitrogens with zero attached hydrogens (tertiary/aromatic N) is 2. The fraction of sp³-hybridized carbons (Fsp3) is 0.0714. The van der Waals surface area contributed by atoms with Gasteiger partial charge in [0.05, 0.1) is 10.6 Å². The Kier molecular flexibility index (Phi) is 4.53. The highest BCUT2D eigenvalue weighted by Gasteiger charge is 2.04. The summed E-state index contributed by atoms with van der Waals surface area (Å²) in [6, 6.07) is 9.98. The van der Waals surface area contributed by atoms with Crippen LogP contribution < -0.4 is 10.6 Å². The zero-order chi connectivity index (χ0) is 14.4. The van der Waals surface area contributed by atoms with E-state index in [4.69, 9.17) is 16.9 Å². The Morgan fingerprint density at radius 2 is 2.25 bits per heavy atom. The molecule has 0 bridgehead atoms. The molecule has 2 aromatic rings. The number of amides is 2. The molecule has 0 saturated carbocycles. The molecule has 1 heterocycles. The summed E-state index contributed by atoms with van der Waals surface area (Å²) in [5, 5.41) is 14.4. The molecule has 0 fully saturated rings. The van der Waals surface area contributed by atoms with E-state index in [2.05, 4.69) is 15.6 Å². The molecule has 2 rings (SSSR count). The van der Waals surface area contributed by atoms with Gasteiger partial charge in [-0.15, -0.1) is 0 Å². The first-order valence-electron chi connectivity index (χ1n) is 5.82. The van der Waals surface area contributed by atoms with Gasteiger partial charge in [-0.25, -0.2) is 4.79 Å². The van der Waals surface area contributed by atoms with Crippen LogP contribution in [-0.4, -0.2) is 11.0 Å². The summed E-state index contributed by atoms with van der Waals surface area (Å²) in [4.78, 5) is 15.7. The van der Waals surface area contributed by atoms with Gasteiger partial charge in [-0.3, -0.25) is 4.98 Å². The van der Waals surface area contributed by atoms with Crippen molar-refractivity contribution in [3.63, 3.8) is 0 Å². The normalized spacial score (nSPS) is 9.60. The lowest BCUT2D eigenvalue weighted by atomic mass is 10.2. The summed E-state index contributed by atoms with van der Waals surface area (Å²) in [7, 11) is 0. The van der Waals surface area contributed by atoms with Gasteiger partial charge in [0, 0.05) is 24.6 Å². The van der Waals surface area contributed by atoms with Crippen molar-refractivity contribution in [3.8, 4) is 6.07 Å². The highest BCUT2D eigenvalue weighted by molar-refractivity contribution is 6.32. The Balaban J connectivity index is 1.92. The molecule has 100 valence electrons. The lowest BCUT2D eigenvalue weighted by Gasteiger charge is -2.08. The largest absolute Gasteiger partial charge is 0.334 e. The van der Waals surface area contributed by atoms with Gasteiger partial charge in [0.25, 0.3) is 0 Å². The molecule has 20 heavy (non-hydrogen) atoms. The minimum atomic E-state index is -0.352. The van der Waals surface area contributed by atoms with Gasteiger partial charge in [0.2, 0.25) is 0 Å². The number of aromatic nitrogens is 1. The van der Waals surface area contributed by atoms with Gasteiger partial charge in [0.15, 0.2) is 0 Å². The van der Waals surface area contributed by atoms with Crippen molar-refractivity contribution in [1.29, 1.82) is 5.26 Å². The number of carbonyl (C=O) groups excluding carboxylic acids is 1. The Morgan fingerprint density at radius 3 is 2.90 bits per heavy atom. The van der Waals surface area contributed by atoms with Crippen LogP contribution >= 0.6 is 11.6 Å². The van der Waals surface area contributed by atoms with E-state index in [9.17, 15) is 4.79 Å². The SMILES string of the molecule is N#Cc1ccc(NC(=O)NCc2cccnc2)cc1Cl. The third kappa shape index (κ3) is 3.70. The van der Waals surface area contributed by atoms with Gasteiger partial charge < -0.3 is 10.6 Å². The predicted molar refractivity (Wildman–Crippen MR) is 76.3 cm³/mol. The van der Waals surface area contributed by atoms with E-state index in [0.29, 0.717) is 22.8 Å². The van der Waals surface area contributed by atoms with Crippen LogP contribution in [0.2, 0.25) is 5.02 Å². The second-order valence-corrected chi connectivity index (χ2v) is 4.38. The van der Waals surface area contributed by atoms with Gasteiger partial charge >= 0.3 is 6.03 Å². The number of urea groups is 1. The lowest BCUT2D eigenvalue weighted by molar-refractivity contribution is 0.251. The number of nitrogens with one attached hydrogen (secondary N) is 2. The molecule has 0 aliphatic rings. The molecule has 0 spiro atoms. The number of anilines is 1. The molecule has 6 heteroatoms. The highest BCUT2D eigenvalue weighted by atomic mass is 35.5. The summed E-state index contributed by atoms with van der Waals surface area (Å²) < 4.78 is 0. The number of carbonyl (C=O) groups is 1. The second-order valence-electron chi connectivity index (χ2n) is 3.98. The predicted octanol–water partition coefficient (Wildman–Crippen LogP) is 2.93. The molecule has 0 atom stereocenters. The molecule has 0 radical (unpaired) electrons. The van der Waals surface area contributed by atoms with E-state index < -0.39 is 0 Å². The van der Waals surface area contributed by atoms with E-state index in [1.54, 1.807) is 30.6 Å². The number of hydrogen-bond acceptors (Lipinski definition) is 3. The van der Waals surface area contributed by atoms with Gasteiger partial charge in [-0.1, -0.05) is 17.7 Å². The number of benzene rings is 1. The Bertz CT molecular complexity index is 652. The maximum atomic E-state index is 11.7. The van der Waals surface area contributed by atoms with Crippen LogP contribution in [0.1, 0.15) is 11.1 Å². The van der Waals surface area contributed by atoms with E-state index in [-0.39, 0.29) is 6.03 Å². The van der Waals surface area contributed by atoms with Crippen LogP contribution in [0.5, 0.6) is 0 Å². The van der Waals surface area contributed by atoms with Crippen LogP contribution in [0.15, 0.2) is 42.7 Å². The zero-order valence-electron chi connectivity index (χ0n) is 10.4. The van der Waals surface area contributed by atoms with E-state index in [0.717, 1.165) is 5.56 Å². The van der Waals surface area contributed by atoms with Gasteiger partial charge in [0.1, 0.15) is 6.07 Å². The Morgan fingerprint density at radius 1 is 1.40 bits per heavy atom. The number of halogens is 1. The molecule has 2 amide bonds. The molecule has 0 saturated heterocycles. The Labute approximate surface area is 121 Å². The minimum Gasteiger partial charge on any atom is -0.334 e. The van der Waals surface area contributed by atoms with Crippen molar-refractivity contribution < 1.29 is 4.79 Å². The van der Waals surface area contributed by atoms with Crippen molar-refractivity contribution in [2.45, 2.75) is 6.54 Å². The van der Waals surface area contributed by atoms with Crippen molar-refractivity contribution in [2.75, 3.05) is 5.32 Å². The fourth-order valence-electron chi connectivity index (χ4n) is 1.54. The van der Waals surface area contributed by atoms with Crippen molar-refractivity contribution in [3.05, 3.63) is 58.9 Å². The first-order chi connectivity index (χ1) is 9.69. The first-order valence-corrected chi connectivity index (χ1v) is 6.20. The summed E-state index contributed by atoms with van der Waals surface area (Å²) in [5.74, 6) is 0. The molecule has 1 aromatic heterocycles. The summed E-state index contributed by atoms with van der Waals surface area (Å²) in [6.45, 7) is 0.379. The third-order valence-corrected chi connectivity index (χ3v) is 2.84. The Hall–Kier alpha value is -2.58. The monoisotopic (exact) mass is 286 g/mol. The molecule has 0 aliphatic heterocycles. The van der Waals surface area contributed by atoms with Crippen molar-refractivity contribution in [2.24, 2.45) is 0 Å². The second kappa shape index (κ2) is 6.55. The molecule has 2 N–H and O–H groups in total. The molecular formula is C14H11ClN4O. The maximum absolute atomic E-state index is 11.7. The quantitative estimate of drug-likeness (QED) is 0.910. The first kappa shape index (κ1) is 13.8. The number of hydrogen-bond donors (Lipinski definition) is 2. The van der Waals surface area contributed by atoms with Crippen molar-refractivity contribution >= 4 is 23.3 Å². The summed E-state index contributed by atoms with van der Waals surface area (Å²) in [5.41, 5.74) is 1.80. The minimum absolute atomic E-state index is 0.303.